The Morgan fingerprint density at radius 1 is 1.43 bits per heavy atom. The van der Waals surface area contributed by atoms with Crippen molar-refractivity contribution in [2.24, 2.45) is 11.7 Å². The molecule has 1 fully saturated rings. The fourth-order valence-corrected chi connectivity index (χ4v) is 2.41. The molecule has 1 atom stereocenters. The molecule has 1 unspecified atom stereocenters. The molecule has 0 spiro atoms. The number of pyridine rings is 1. The van der Waals surface area contributed by atoms with Gasteiger partial charge in [0.2, 0.25) is 5.91 Å². The van der Waals surface area contributed by atoms with Crippen LogP contribution in [0.5, 0.6) is 0 Å². The van der Waals surface area contributed by atoms with Gasteiger partial charge in [-0.3, -0.25) is 4.79 Å². The molecule has 1 aromatic rings. The van der Waals surface area contributed by atoms with Crippen LogP contribution in [0, 0.1) is 11.7 Å². The first kappa shape index (κ1) is 15.7. The Labute approximate surface area is 124 Å². The monoisotopic (exact) mass is 294 g/mol. The lowest BCUT2D eigenvalue weighted by Crippen LogP contribution is -2.50. The van der Waals surface area contributed by atoms with Crippen LogP contribution in [0.1, 0.15) is 26.7 Å². The van der Waals surface area contributed by atoms with E-state index in [9.17, 15) is 9.18 Å². The number of hydrogen-bond acceptors (Lipinski definition) is 4. The highest BCUT2D eigenvalue weighted by molar-refractivity contribution is 5.82. The minimum atomic E-state index is -0.423. The van der Waals surface area contributed by atoms with Crippen LogP contribution in [0.2, 0.25) is 0 Å². The number of nitrogens with one attached hydrogen (secondary N) is 1. The van der Waals surface area contributed by atoms with Crippen molar-refractivity contribution >= 4 is 11.7 Å². The molecule has 0 radical (unpaired) electrons. The number of carbonyl (C=O) groups is 1. The van der Waals surface area contributed by atoms with Gasteiger partial charge in [-0.05, 0) is 30.9 Å². The quantitative estimate of drug-likeness (QED) is 0.885. The molecule has 2 rings (SSSR count). The summed E-state index contributed by atoms with van der Waals surface area (Å²) in [7, 11) is 0. The number of nitrogens with zero attached hydrogens (tertiary/aromatic N) is 2. The third-order valence-corrected chi connectivity index (χ3v) is 3.89. The van der Waals surface area contributed by atoms with Crippen LogP contribution < -0.4 is 11.1 Å². The van der Waals surface area contributed by atoms with E-state index in [4.69, 9.17) is 5.73 Å². The maximum absolute atomic E-state index is 12.8. The van der Waals surface area contributed by atoms with Crippen molar-refractivity contribution in [1.82, 2.24) is 9.88 Å². The number of anilines is 1. The van der Waals surface area contributed by atoms with Crippen molar-refractivity contribution in [3.8, 4) is 0 Å². The Kier molecular flexibility index (Phi) is 5.12. The fraction of sp³-hybridized carbons (Fsp3) is 0.600. The van der Waals surface area contributed by atoms with Crippen LogP contribution in [0.3, 0.4) is 0 Å². The summed E-state index contributed by atoms with van der Waals surface area (Å²) in [6, 6.07) is 2.84. The summed E-state index contributed by atoms with van der Waals surface area (Å²) < 4.78 is 12.8. The number of aromatic nitrogens is 1. The molecule has 0 bridgehead atoms. The van der Waals surface area contributed by atoms with Crippen LogP contribution >= 0.6 is 0 Å². The number of piperidine rings is 1. The molecule has 1 aliphatic heterocycles. The molecule has 1 amide bonds. The van der Waals surface area contributed by atoms with Gasteiger partial charge >= 0.3 is 0 Å². The highest BCUT2D eigenvalue weighted by atomic mass is 19.1. The number of halogens is 1. The van der Waals surface area contributed by atoms with Crippen molar-refractivity contribution in [2.45, 2.75) is 38.8 Å². The summed E-state index contributed by atoms with van der Waals surface area (Å²) in [4.78, 5) is 18.0. The molecule has 5 nitrogen and oxygen atoms in total. The van der Waals surface area contributed by atoms with E-state index in [0.29, 0.717) is 18.9 Å². The summed E-state index contributed by atoms with van der Waals surface area (Å²) in [5.41, 5.74) is 5.91. The Morgan fingerprint density at radius 2 is 2.10 bits per heavy atom. The van der Waals surface area contributed by atoms with Crippen molar-refractivity contribution < 1.29 is 9.18 Å². The van der Waals surface area contributed by atoms with Gasteiger partial charge in [0.1, 0.15) is 11.6 Å². The summed E-state index contributed by atoms with van der Waals surface area (Å²) >= 11 is 0. The van der Waals surface area contributed by atoms with Crippen molar-refractivity contribution in [3.05, 3.63) is 24.1 Å². The minimum absolute atomic E-state index is 0.0309. The van der Waals surface area contributed by atoms with Gasteiger partial charge in [-0.2, -0.15) is 0 Å². The number of nitrogens with two attached hydrogens (primary N) is 1. The van der Waals surface area contributed by atoms with E-state index in [-0.39, 0.29) is 23.7 Å². The predicted octanol–water partition coefficient (Wildman–Crippen LogP) is 1.61. The van der Waals surface area contributed by atoms with Crippen LogP contribution in [-0.4, -0.2) is 41.0 Å². The van der Waals surface area contributed by atoms with E-state index in [2.05, 4.69) is 10.3 Å². The zero-order valence-corrected chi connectivity index (χ0v) is 12.6. The summed E-state index contributed by atoms with van der Waals surface area (Å²) in [5, 5.41) is 3.27. The van der Waals surface area contributed by atoms with E-state index in [1.165, 1.54) is 12.3 Å². The molecular weight excluding hydrogens is 271 g/mol. The molecule has 0 aliphatic carbocycles. The Balaban J connectivity index is 1.83. The van der Waals surface area contributed by atoms with E-state index in [1.54, 1.807) is 6.07 Å². The Bertz CT molecular complexity index is 469. The molecule has 3 N–H and O–H groups in total. The molecule has 116 valence electrons. The maximum Gasteiger partial charge on any atom is 0.239 e. The van der Waals surface area contributed by atoms with Gasteiger partial charge in [0, 0.05) is 19.1 Å². The number of likely N-dealkylation sites (tertiary alicyclic amines) is 1. The van der Waals surface area contributed by atoms with Crippen molar-refractivity contribution in [3.63, 3.8) is 0 Å². The molecule has 6 heteroatoms. The van der Waals surface area contributed by atoms with Crippen LogP contribution in [0.15, 0.2) is 18.3 Å². The lowest BCUT2D eigenvalue weighted by Gasteiger charge is -2.34. The smallest absolute Gasteiger partial charge is 0.239 e. The topological polar surface area (TPSA) is 71.2 Å². The average molecular weight is 294 g/mol. The minimum Gasteiger partial charge on any atom is -0.367 e. The predicted molar refractivity (Wildman–Crippen MR) is 80.2 cm³/mol. The number of hydrogen-bond donors (Lipinski definition) is 2. The average Bonchev–Trinajstić information content (AvgIpc) is 2.49. The second-order valence-corrected chi connectivity index (χ2v) is 5.88. The Hall–Kier alpha value is -1.69. The highest BCUT2D eigenvalue weighted by Crippen LogP contribution is 2.17. The number of rotatable bonds is 4. The zero-order chi connectivity index (χ0) is 15.4. The van der Waals surface area contributed by atoms with Crippen molar-refractivity contribution in [2.75, 3.05) is 18.4 Å². The number of carbonyl (C=O) groups excluding carboxylic acids is 1. The van der Waals surface area contributed by atoms with E-state index < -0.39 is 6.04 Å². The molecule has 1 aromatic heterocycles. The maximum atomic E-state index is 12.8. The molecular formula is C15H23FN4O. The summed E-state index contributed by atoms with van der Waals surface area (Å²) in [5.74, 6) is 0.504. The second kappa shape index (κ2) is 6.85. The molecule has 2 heterocycles. The van der Waals surface area contributed by atoms with Gasteiger partial charge in [-0.15, -0.1) is 0 Å². The van der Waals surface area contributed by atoms with Crippen LogP contribution in [-0.2, 0) is 4.79 Å². The standard InChI is InChI=1S/C15H23FN4O/c1-10(2)14(17)15(21)20-7-5-12(6-8-20)19-13-4-3-11(16)9-18-13/h3-4,9-10,12,14H,5-8,17H2,1-2H3,(H,18,19). The first-order valence-corrected chi connectivity index (χ1v) is 7.40. The van der Waals surface area contributed by atoms with Gasteiger partial charge in [0.25, 0.3) is 0 Å². The van der Waals surface area contributed by atoms with Gasteiger partial charge in [-0.1, -0.05) is 13.8 Å². The normalized spacial score (nSPS) is 17.9. The van der Waals surface area contributed by atoms with E-state index in [0.717, 1.165) is 12.8 Å². The molecule has 0 aromatic carbocycles. The second-order valence-electron chi connectivity index (χ2n) is 5.88. The first-order valence-electron chi connectivity index (χ1n) is 7.40. The summed E-state index contributed by atoms with van der Waals surface area (Å²) in [6.45, 7) is 5.30. The third-order valence-electron chi connectivity index (χ3n) is 3.89. The molecule has 21 heavy (non-hydrogen) atoms. The lowest BCUT2D eigenvalue weighted by molar-refractivity contribution is -0.134. The Morgan fingerprint density at radius 3 is 2.62 bits per heavy atom. The SMILES string of the molecule is CC(C)C(N)C(=O)N1CCC(Nc2ccc(F)cn2)CC1. The highest BCUT2D eigenvalue weighted by Gasteiger charge is 2.27. The van der Waals surface area contributed by atoms with Gasteiger partial charge in [0.05, 0.1) is 12.2 Å². The molecule has 0 saturated carbocycles. The van der Waals surface area contributed by atoms with Gasteiger partial charge in [0.15, 0.2) is 0 Å². The zero-order valence-electron chi connectivity index (χ0n) is 12.6. The number of amides is 1. The van der Waals surface area contributed by atoms with Crippen LogP contribution in [0.25, 0.3) is 0 Å². The van der Waals surface area contributed by atoms with Gasteiger partial charge < -0.3 is 16.0 Å². The largest absolute Gasteiger partial charge is 0.367 e. The molecule has 1 saturated heterocycles. The van der Waals surface area contributed by atoms with Crippen molar-refractivity contribution in [1.29, 1.82) is 0 Å². The molecule has 1 aliphatic rings. The summed E-state index contributed by atoms with van der Waals surface area (Å²) in [6.07, 6.45) is 2.88. The van der Waals surface area contributed by atoms with Crippen LogP contribution in [0.4, 0.5) is 10.2 Å². The lowest BCUT2D eigenvalue weighted by atomic mass is 10.0. The first-order chi connectivity index (χ1) is 9.97. The van der Waals surface area contributed by atoms with E-state index in [1.807, 2.05) is 18.7 Å². The van der Waals surface area contributed by atoms with E-state index >= 15 is 0 Å². The fourth-order valence-electron chi connectivity index (χ4n) is 2.41. The van der Waals surface area contributed by atoms with Gasteiger partial charge in [-0.25, -0.2) is 9.37 Å². The third kappa shape index (κ3) is 4.14.